The number of nitrogens with two attached hydrogens (primary N) is 1. The Morgan fingerprint density at radius 2 is 2.16 bits per heavy atom. The number of rotatable bonds is 4. The molecule has 0 fully saturated rings. The normalized spacial score (nSPS) is 11.9. The van der Waals surface area contributed by atoms with E-state index in [2.05, 4.69) is 10.7 Å². The number of hydrogen-bond donors (Lipinski definition) is 3. The van der Waals surface area contributed by atoms with Gasteiger partial charge >= 0.3 is 0 Å². The molecule has 0 spiro atoms. The maximum absolute atomic E-state index is 12.1. The van der Waals surface area contributed by atoms with Crippen molar-refractivity contribution >= 4 is 22.9 Å². The van der Waals surface area contributed by atoms with Crippen LogP contribution in [0.25, 0.3) is 0 Å². The van der Waals surface area contributed by atoms with E-state index >= 15 is 0 Å². The highest BCUT2D eigenvalue weighted by atomic mass is 32.1. The van der Waals surface area contributed by atoms with Gasteiger partial charge in [-0.3, -0.25) is 10.6 Å². The van der Waals surface area contributed by atoms with Gasteiger partial charge in [0.2, 0.25) is 0 Å². The smallest absolute Gasteiger partial charge is 0.251 e. The van der Waals surface area contributed by atoms with Gasteiger partial charge in [-0.15, -0.1) is 11.3 Å². The van der Waals surface area contributed by atoms with Crippen LogP contribution in [0, 0.1) is 6.92 Å². The number of nitrogen functional groups attached to an aromatic ring is 1. The molecule has 0 aliphatic heterocycles. The van der Waals surface area contributed by atoms with E-state index < -0.39 is 0 Å². The Bertz CT molecular complexity index is 566. The molecule has 0 saturated carbocycles. The molecule has 0 aliphatic carbocycles. The van der Waals surface area contributed by atoms with Gasteiger partial charge in [-0.1, -0.05) is 6.07 Å². The standard InChI is InChI=1S/C14H17N3OS/c1-9-8-11(5-6-12(9)17-15)14(18)16-10(2)13-4-3-7-19-13/h3-8,10,17H,15H2,1-2H3,(H,16,18). The zero-order chi connectivity index (χ0) is 13.8. The zero-order valence-electron chi connectivity index (χ0n) is 10.9. The van der Waals surface area contributed by atoms with Crippen LogP contribution in [-0.4, -0.2) is 5.91 Å². The number of hydrogen-bond acceptors (Lipinski definition) is 4. The van der Waals surface area contributed by atoms with E-state index in [4.69, 9.17) is 5.84 Å². The summed E-state index contributed by atoms with van der Waals surface area (Å²) in [4.78, 5) is 13.3. The molecular formula is C14H17N3OS. The number of amides is 1. The molecule has 1 heterocycles. The Balaban J connectivity index is 2.10. The first-order chi connectivity index (χ1) is 9.11. The Hall–Kier alpha value is -1.85. The van der Waals surface area contributed by atoms with Gasteiger partial charge in [0.25, 0.3) is 5.91 Å². The molecular weight excluding hydrogens is 258 g/mol. The molecule has 1 atom stereocenters. The molecule has 19 heavy (non-hydrogen) atoms. The summed E-state index contributed by atoms with van der Waals surface area (Å²) in [6, 6.07) is 9.40. The van der Waals surface area contributed by atoms with Gasteiger partial charge in [-0.2, -0.15) is 0 Å². The lowest BCUT2D eigenvalue weighted by Gasteiger charge is -2.13. The maximum Gasteiger partial charge on any atom is 0.251 e. The number of benzene rings is 1. The van der Waals surface area contributed by atoms with Crippen molar-refractivity contribution < 1.29 is 4.79 Å². The van der Waals surface area contributed by atoms with Crippen LogP contribution < -0.4 is 16.6 Å². The minimum atomic E-state index is -0.0763. The summed E-state index contributed by atoms with van der Waals surface area (Å²) in [7, 11) is 0. The number of nitrogens with one attached hydrogen (secondary N) is 2. The average Bonchev–Trinajstić information content (AvgIpc) is 2.92. The van der Waals surface area contributed by atoms with Crippen molar-refractivity contribution in [3.63, 3.8) is 0 Å². The largest absolute Gasteiger partial charge is 0.345 e. The molecule has 4 N–H and O–H groups in total. The first kappa shape index (κ1) is 13.6. The van der Waals surface area contributed by atoms with E-state index in [-0.39, 0.29) is 11.9 Å². The first-order valence-corrected chi connectivity index (χ1v) is 6.91. The summed E-state index contributed by atoms with van der Waals surface area (Å²) in [6.07, 6.45) is 0. The summed E-state index contributed by atoms with van der Waals surface area (Å²) in [6.45, 7) is 3.89. The van der Waals surface area contributed by atoms with Gasteiger partial charge in [-0.05, 0) is 49.1 Å². The van der Waals surface area contributed by atoms with E-state index in [1.165, 1.54) is 0 Å². The predicted molar refractivity (Wildman–Crippen MR) is 79.2 cm³/mol. The van der Waals surface area contributed by atoms with Crippen molar-refractivity contribution in [1.29, 1.82) is 0 Å². The Kier molecular flexibility index (Phi) is 4.19. The van der Waals surface area contributed by atoms with Crippen LogP contribution >= 0.6 is 11.3 Å². The molecule has 0 bridgehead atoms. The van der Waals surface area contributed by atoms with Crippen LogP contribution in [0.2, 0.25) is 0 Å². The third-order valence-electron chi connectivity index (χ3n) is 2.96. The molecule has 4 nitrogen and oxygen atoms in total. The van der Waals surface area contributed by atoms with Crippen molar-refractivity contribution in [3.8, 4) is 0 Å². The molecule has 2 aromatic rings. The highest BCUT2D eigenvalue weighted by Gasteiger charge is 2.12. The number of thiophene rings is 1. The van der Waals surface area contributed by atoms with Gasteiger partial charge in [0.1, 0.15) is 0 Å². The first-order valence-electron chi connectivity index (χ1n) is 6.03. The van der Waals surface area contributed by atoms with E-state index in [9.17, 15) is 4.79 Å². The highest BCUT2D eigenvalue weighted by Crippen LogP contribution is 2.20. The van der Waals surface area contributed by atoms with Crippen molar-refractivity contribution in [3.05, 3.63) is 51.7 Å². The van der Waals surface area contributed by atoms with Crippen LogP contribution in [0.1, 0.15) is 33.8 Å². The fourth-order valence-corrected chi connectivity index (χ4v) is 2.59. The van der Waals surface area contributed by atoms with E-state index in [1.807, 2.05) is 37.4 Å². The van der Waals surface area contributed by atoms with Crippen LogP contribution in [0.3, 0.4) is 0 Å². The molecule has 1 unspecified atom stereocenters. The van der Waals surface area contributed by atoms with E-state index in [0.29, 0.717) is 5.56 Å². The fraction of sp³-hybridized carbons (Fsp3) is 0.214. The summed E-state index contributed by atoms with van der Waals surface area (Å²) >= 11 is 1.64. The maximum atomic E-state index is 12.1. The summed E-state index contributed by atoms with van der Waals surface area (Å²) in [5.74, 6) is 5.30. The van der Waals surface area contributed by atoms with Gasteiger partial charge in [0.15, 0.2) is 0 Å². The summed E-state index contributed by atoms with van der Waals surface area (Å²) < 4.78 is 0. The number of anilines is 1. The highest BCUT2D eigenvalue weighted by molar-refractivity contribution is 7.10. The summed E-state index contributed by atoms with van der Waals surface area (Å²) in [5.41, 5.74) is 5.00. The number of aryl methyl sites for hydroxylation is 1. The lowest BCUT2D eigenvalue weighted by Crippen LogP contribution is -2.26. The molecule has 1 aromatic carbocycles. The minimum absolute atomic E-state index is 0.0140. The molecule has 1 amide bonds. The number of hydrazine groups is 1. The molecule has 100 valence electrons. The van der Waals surface area contributed by atoms with E-state index in [0.717, 1.165) is 16.1 Å². The Morgan fingerprint density at radius 1 is 1.37 bits per heavy atom. The summed E-state index contributed by atoms with van der Waals surface area (Å²) in [5, 5.41) is 4.99. The number of carbonyl (C=O) groups excluding carboxylic acids is 1. The second-order valence-electron chi connectivity index (χ2n) is 4.38. The van der Waals surface area contributed by atoms with Crippen molar-refractivity contribution in [2.75, 3.05) is 5.43 Å². The third kappa shape index (κ3) is 3.13. The van der Waals surface area contributed by atoms with Gasteiger partial charge in [-0.25, -0.2) is 0 Å². The average molecular weight is 275 g/mol. The second kappa shape index (κ2) is 5.86. The quantitative estimate of drug-likeness (QED) is 0.593. The lowest BCUT2D eigenvalue weighted by atomic mass is 10.1. The molecule has 0 aliphatic rings. The zero-order valence-corrected chi connectivity index (χ0v) is 11.8. The van der Waals surface area contributed by atoms with Crippen LogP contribution in [0.4, 0.5) is 5.69 Å². The van der Waals surface area contributed by atoms with Crippen LogP contribution in [0.5, 0.6) is 0 Å². The lowest BCUT2D eigenvalue weighted by molar-refractivity contribution is 0.0940. The number of carbonyl (C=O) groups is 1. The molecule has 2 rings (SSSR count). The van der Waals surface area contributed by atoms with E-state index in [1.54, 1.807) is 23.5 Å². The third-order valence-corrected chi connectivity index (χ3v) is 4.02. The topological polar surface area (TPSA) is 67.2 Å². The Morgan fingerprint density at radius 3 is 2.74 bits per heavy atom. The Labute approximate surface area is 116 Å². The van der Waals surface area contributed by atoms with Gasteiger partial charge in [0, 0.05) is 10.4 Å². The fourth-order valence-electron chi connectivity index (χ4n) is 1.86. The second-order valence-corrected chi connectivity index (χ2v) is 5.36. The van der Waals surface area contributed by atoms with Crippen molar-refractivity contribution in [1.82, 2.24) is 5.32 Å². The minimum Gasteiger partial charge on any atom is -0.345 e. The predicted octanol–water partition coefficient (Wildman–Crippen LogP) is 2.83. The molecule has 0 radical (unpaired) electrons. The van der Waals surface area contributed by atoms with Crippen LogP contribution in [-0.2, 0) is 0 Å². The van der Waals surface area contributed by atoms with Crippen molar-refractivity contribution in [2.24, 2.45) is 5.84 Å². The molecule has 1 aromatic heterocycles. The van der Waals surface area contributed by atoms with Gasteiger partial charge in [0.05, 0.1) is 11.7 Å². The molecule has 5 heteroatoms. The molecule has 0 saturated heterocycles. The monoisotopic (exact) mass is 275 g/mol. The van der Waals surface area contributed by atoms with Gasteiger partial charge < -0.3 is 10.7 Å². The van der Waals surface area contributed by atoms with Crippen LogP contribution in [0.15, 0.2) is 35.7 Å². The SMILES string of the molecule is Cc1cc(C(=O)NC(C)c2cccs2)ccc1NN. The van der Waals surface area contributed by atoms with Crippen molar-refractivity contribution in [2.45, 2.75) is 19.9 Å².